The van der Waals surface area contributed by atoms with E-state index in [1.165, 1.54) is 12.1 Å². The van der Waals surface area contributed by atoms with Gasteiger partial charge in [-0.2, -0.15) is 0 Å². The summed E-state index contributed by atoms with van der Waals surface area (Å²) in [6, 6.07) is 2.52. The number of benzene rings is 1. The number of rotatable bonds is 0. The lowest BCUT2D eigenvalue weighted by molar-refractivity contribution is 0.0715. The first-order valence-electron chi connectivity index (χ1n) is 6.70. The Morgan fingerprint density at radius 3 is 1.55 bits per heavy atom. The van der Waals surface area contributed by atoms with Gasteiger partial charge < -0.3 is 10.2 Å². The zero-order chi connectivity index (χ0) is 14.6. The minimum atomic E-state index is -0.411. The van der Waals surface area contributed by atoms with Crippen molar-refractivity contribution in [2.24, 2.45) is 11.8 Å². The molecule has 0 saturated carbocycles. The van der Waals surface area contributed by atoms with Crippen LogP contribution in [0.15, 0.2) is 23.3 Å². The van der Waals surface area contributed by atoms with Crippen molar-refractivity contribution in [3.63, 3.8) is 0 Å². The van der Waals surface area contributed by atoms with Gasteiger partial charge in [-0.25, -0.2) is 0 Å². The molecule has 0 heterocycles. The van der Waals surface area contributed by atoms with Gasteiger partial charge >= 0.3 is 0 Å². The predicted molar refractivity (Wildman–Crippen MR) is 73.0 cm³/mol. The van der Waals surface area contributed by atoms with Crippen molar-refractivity contribution < 1.29 is 19.8 Å². The molecule has 3 rings (SSSR count). The number of aromatic hydroxyl groups is 2. The zero-order valence-corrected chi connectivity index (χ0v) is 11.4. The molecule has 0 bridgehead atoms. The average molecular weight is 272 g/mol. The highest BCUT2D eigenvalue weighted by Crippen LogP contribution is 2.45. The van der Waals surface area contributed by atoms with E-state index in [9.17, 15) is 19.8 Å². The number of carbonyl (C=O) groups excluding carboxylic acids is 2. The molecule has 1 aromatic carbocycles. The molecule has 0 fully saturated rings. The van der Waals surface area contributed by atoms with Crippen LogP contribution in [0.4, 0.5) is 0 Å². The summed E-state index contributed by atoms with van der Waals surface area (Å²) in [5.74, 6) is -1.73. The van der Waals surface area contributed by atoms with Crippen molar-refractivity contribution in [3.8, 4) is 11.5 Å². The van der Waals surface area contributed by atoms with E-state index < -0.39 is 11.8 Å². The van der Waals surface area contributed by atoms with Crippen molar-refractivity contribution >= 4 is 11.6 Å². The van der Waals surface area contributed by atoms with E-state index in [1.54, 1.807) is 0 Å². The number of allylic oxidation sites excluding steroid dienone is 2. The van der Waals surface area contributed by atoms with Gasteiger partial charge in [-0.3, -0.25) is 9.59 Å². The van der Waals surface area contributed by atoms with Gasteiger partial charge in [0.15, 0.2) is 11.6 Å². The summed E-state index contributed by atoms with van der Waals surface area (Å²) in [6.45, 7) is 3.95. The van der Waals surface area contributed by atoms with E-state index in [0.29, 0.717) is 12.8 Å². The third-order valence-corrected chi connectivity index (χ3v) is 4.59. The highest BCUT2D eigenvalue weighted by molar-refractivity contribution is 6.18. The molecule has 2 atom stereocenters. The lowest BCUT2D eigenvalue weighted by Gasteiger charge is -2.35. The Morgan fingerprint density at radius 1 is 0.850 bits per heavy atom. The lowest BCUT2D eigenvalue weighted by Crippen LogP contribution is -2.39. The van der Waals surface area contributed by atoms with Gasteiger partial charge in [0.25, 0.3) is 0 Å². The molecule has 2 aliphatic carbocycles. The number of phenolic OH excluding ortho intramolecular Hbond substituents is 2. The molecule has 2 aliphatic rings. The van der Waals surface area contributed by atoms with Crippen LogP contribution in [0.1, 0.15) is 47.4 Å². The van der Waals surface area contributed by atoms with Crippen LogP contribution in [0.2, 0.25) is 0 Å². The number of hydrogen-bond acceptors (Lipinski definition) is 4. The first kappa shape index (κ1) is 12.9. The van der Waals surface area contributed by atoms with Gasteiger partial charge in [-0.1, -0.05) is 11.1 Å². The van der Waals surface area contributed by atoms with Crippen LogP contribution < -0.4 is 0 Å². The number of ketones is 2. The lowest BCUT2D eigenvalue weighted by atomic mass is 9.66. The summed E-state index contributed by atoms with van der Waals surface area (Å²) in [5.41, 5.74) is 2.25. The molecule has 0 aromatic heterocycles. The van der Waals surface area contributed by atoms with E-state index in [2.05, 4.69) is 0 Å². The topological polar surface area (TPSA) is 74.6 Å². The summed E-state index contributed by atoms with van der Waals surface area (Å²) in [5, 5.41) is 19.8. The Morgan fingerprint density at radius 2 is 1.20 bits per heavy atom. The predicted octanol–water partition coefficient (Wildman–Crippen LogP) is 2.84. The van der Waals surface area contributed by atoms with Crippen molar-refractivity contribution in [1.82, 2.24) is 0 Å². The van der Waals surface area contributed by atoms with Gasteiger partial charge in [0.2, 0.25) is 0 Å². The largest absolute Gasteiger partial charge is 0.507 e. The molecule has 20 heavy (non-hydrogen) atoms. The summed E-state index contributed by atoms with van der Waals surface area (Å²) in [4.78, 5) is 25.2. The van der Waals surface area contributed by atoms with Gasteiger partial charge in [0, 0.05) is 11.8 Å². The first-order chi connectivity index (χ1) is 9.41. The fourth-order valence-corrected chi connectivity index (χ4v) is 3.29. The molecule has 104 valence electrons. The quantitative estimate of drug-likeness (QED) is 0.562. The van der Waals surface area contributed by atoms with Crippen molar-refractivity contribution in [2.75, 3.05) is 0 Å². The number of phenols is 2. The van der Waals surface area contributed by atoms with Crippen LogP contribution >= 0.6 is 0 Å². The molecule has 2 N–H and O–H groups in total. The van der Waals surface area contributed by atoms with Gasteiger partial charge in [-0.05, 0) is 38.8 Å². The molecule has 0 aliphatic heterocycles. The third kappa shape index (κ3) is 1.60. The Hall–Kier alpha value is -2.10. The van der Waals surface area contributed by atoms with Crippen LogP contribution in [-0.2, 0) is 0 Å². The van der Waals surface area contributed by atoms with Crippen LogP contribution in [0.5, 0.6) is 11.5 Å². The van der Waals surface area contributed by atoms with Crippen molar-refractivity contribution in [1.29, 1.82) is 0 Å². The second-order valence-corrected chi connectivity index (χ2v) is 5.76. The van der Waals surface area contributed by atoms with Crippen LogP contribution in [0.25, 0.3) is 0 Å². The van der Waals surface area contributed by atoms with E-state index in [0.717, 1.165) is 11.1 Å². The molecule has 0 saturated heterocycles. The smallest absolute Gasteiger partial charge is 0.171 e. The summed E-state index contributed by atoms with van der Waals surface area (Å²) >= 11 is 0. The molecule has 0 amide bonds. The normalized spacial score (nSPS) is 25.5. The minimum absolute atomic E-state index is 0.0106. The van der Waals surface area contributed by atoms with E-state index in [-0.39, 0.29) is 34.2 Å². The highest BCUT2D eigenvalue weighted by Gasteiger charge is 2.45. The Labute approximate surface area is 116 Å². The Kier molecular flexibility index (Phi) is 2.71. The fraction of sp³-hybridized carbons (Fsp3) is 0.375. The summed E-state index contributed by atoms with van der Waals surface area (Å²) in [6.07, 6.45) is 1.10. The average Bonchev–Trinajstić information content (AvgIpc) is 2.41. The van der Waals surface area contributed by atoms with E-state index in [1.807, 2.05) is 13.8 Å². The maximum Gasteiger partial charge on any atom is 0.171 e. The Balaban J connectivity index is 2.20. The van der Waals surface area contributed by atoms with Crippen molar-refractivity contribution in [2.45, 2.75) is 26.7 Å². The zero-order valence-electron chi connectivity index (χ0n) is 11.4. The fourth-order valence-electron chi connectivity index (χ4n) is 3.29. The van der Waals surface area contributed by atoms with E-state index in [4.69, 9.17) is 0 Å². The van der Waals surface area contributed by atoms with Gasteiger partial charge in [0.05, 0.1) is 11.1 Å². The standard InChI is InChI=1S/C16H16O4/c1-7-5-9-10(6-8(7)2)16(20)14-12(18)4-3-11(17)13(14)15(9)19/h3-4,9-10,17-18H,5-6H2,1-2H3. The van der Waals surface area contributed by atoms with Gasteiger partial charge in [-0.15, -0.1) is 0 Å². The number of fused-ring (bicyclic) bond motifs is 2. The van der Waals surface area contributed by atoms with Crippen LogP contribution in [0.3, 0.4) is 0 Å². The SMILES string of the molecule is CC1=C(C)CC2C(=O)c3c(O)ccc(O)c3C(=O)C2C1. The molecule has 2 unspecified atom stereocenters. The minimum Gasteiger partial charge on any atom is -0.507 e. The number of Topliss-reactive ketones (excluding diaryl/α,β-unsaturated/α-hetero) is 2. The van der Waals surface area contributed by atoms with Crippen LogP contribution in [0, 0.1) is 11.8 Å². The highest BCUT2D eigenvalue weighted by atomic mass is 16.3. The second-order valence-electron chi connectivity index (χ2n) is 5.76. The molecular weight excluding hydrogens is 256 g/mol. The molecule has 4 heteroatoms. The summed E-state index contributed by atoms with van der Waals surface area (Å²) in [7, 11) is 0. The first-order valence-corrected chi connectivity index (χ1v) is 6.70. The number of carbonyl (C=O) groups is 2. The van der Waals surface area contributed by atoms with E-state index >= 15 is 0 Å². The molecular formula is C16H16O4. The molecule has 0 radical (unpaired) electrons. The molecule has 1 aromatic rings. The molecule has 0 spiro atoms. The van der Waals surface area contributed by atoms with Crippen LogP contribution in [-0.4, -0.2) is 21.8 Å². The Bertz CT molecular complexity index is 612. The summed E-state index contributed by atoms with van der Waals surface area (Å²) < 4.78 is 0. The number of hydrogen-bond donors (Lipinski definition) is 2. The van der Waals surface area contributed by atoms with Crippen molar-refractivity contribution in [3.05, 3.63) is 34.4 Å². The van der Waals surface area contributed by atoms with Gasteiger partial charge in [0.1, 0.15) is 11.5 Å². The molecule has 4 nitrogen and oxygen atoms in total. The third-order valence-electron chi connectivity index (χ3n) is 4.59. The second kappa shape index (κ2) is 4.20. The monoisotopic (exact) mass is 272 g/mol. The maximum atomic E-state index is 12.6. The maximum absolute atomic E-state index is 12.6.